The lowest BCUT2D eigenvalue weighted by atomic mass is 10.1. The number of nitrogens with one attached hydrogen (secondary N) is 2. The van der Waals surface area contributed by atoms with Crippen LogP contribution < -0.4 is 16.2 Å². The predicted octanol–water partition coefficient (Wildman–Crippen LogP) is 3.81. The molecule has 2 N–H and O–H groups in total. The Labute approximate surface area is 275 Å². The standard InChI is InChI=1S/C33H35FN6O6S/c1-45-31(43)28(38-33(44)46-20-23-7-3-2-4-8-23)9-5-6-14-37-29(41)19-40-18-26(15-25-16-35-22-36-17-25)30(42)39-32(40)47-21-24-10-12-27(34)13-11-24/h2-4,7-8,10-13,16-18,22,28H,5-6,9,14-15,19-21H2,1H3,(H,37,41)(H,38,44). The number of unbranched alkanes of at least 4 members (excludes halogenated alkanes) is 1. The van der Waals surface area contributed by atoms with Crippen LogP contribution in [0, 0.1) is 5.82 Å². The molecule has 1 atom stereocenters. The van der Waals surface area contributed by atoms with Crippen LogP contribution in [-0.4, -0.2) is 57.2 Å². The van der Waals surface area contributed by atoms with Gasteiger partial charge in [-0.3, -0.25) is 9.59 Å². The van der Waals surface area contributed by atoms with E-state index >= 15 is 0 Å². The first-order valence-electron chi connectivity index (χ1n) is 14.8. The van der Waals surface area contributed by atoms with Gasteiger partial charge in [0, 0.05) is 42.9 Å². The minimum absolute atomic E-state index is 0.0618. The van der Waals surface area contributed by atoms with E-state index in [1.165, 1.54) is 37.3 Å². The molecule has 47 heavy (non-hydrogen) atoms. The summed E-state index contributed by atoms with van der Waals surface area (Å²) < 4.78 is 25.0. The van der Waals surface area contributed by atoms with Gasteiger partial charge in [-0.2, -0.15) is 4.98 Å². The van der Waals surface area contributed by atoms with Gasteiger partial charge in [0.1, 0.15) is 31.3 Å². The fourth-order valence-corrected chi connectivity index (χ4v) is 5.37. The summed E-state index contributed by atoms with van der Waals surface area (Å²) >= 11 is 1.26. The topological polar surface area (TPSA) is 154 Å². The molecule has 2 aromatic heterocycles. The summed E-state index contributed by atoms with van der Waals surface area (Å²) in [5, 5.41) is 5.74. The van der Waals surface area contributed by atoms with E-state index in [0.29, 0.717) is 35.9 Å². The van der Waals surface area contributed by atoms with Crippen molar-refractivity contribution in [1.29, 1.82) is 0 Å². The first-order valence-corrected chi connectivity index (χ1v) is 15.8. The summed E-state index contributed by atoms with van der Waals surface area (Å²) in [5.74, 6) is -0.839. The molecule has 1 unspecified atom stereocenters. The van der Waals surface area contributed by atoms with Gasteiger partial charge in [-0.15, -0.1) is 0 Å². The first-order chi connectivity index (χ1) is 22.8. The Morgan fingerprint density at radius 3 is 2.45 bits per heavy atom. The third kappa shape index (κ3) is 11.6. The second-order valence-corrected chi connectivity index (χ2v) is 11.4. The maximum atomic E-state index is 13.3. The van der Waals surface area contributed by atoms with Crippen molar-refractivity contribution in [2.45, 2.75) is 55.8 Å². The number of carbonyl (C=O) groups excluding carboxylic acids is 3. The SMILES string of the molecule is COC(=O)C(CCCCNC(=O)Cn1cc(Cc2cncnc2)c(=O)nc1SCc1ccc(F)cc1)NC(=O)OCc1ccccc1. The van der Waals surface area contributed by atoms with Crippen LogP contribution in [0.5, 0.6) is 0 Å². The van der Waals surface area contributed by atoms with Gasteiger partial charge in [-0.05, 0) is 48.1 Å². The Bertz CT molecular complexity index is 1680. The van der Waals surface area contributed by atoms with E-state index in [1.54, 1.807) is 35.3 Å². The van der Waals surface area contributed by atoms with Crippen molar-refractivity contribution in [3.05, 3.63) is 118 Å². The third-order valence-corrected chi connectivity index (χ3v) is 7.93. The summed E-state index contributed by atoms with van der Waals surface area (Å²) in [7, 11) is 1.24. The number of aromatic nitrogens is 4. The highest BCUT2D eigenvalue weighted by atomic mass is 32.2. The van der Waals surface area contributed by atoms with E-state index in [0.717, 1.165) is 16.7 Å². The maximum absolute atomic E-state index is 13.3. The number of hydrogen-bond donors (Lipinski definition) is 2. The monoisotopic (exact) mass is 662 g/mol. The fraction of sp³-hybridized carbons (Fsp3) is 0.303. The molecular weight excluding hydrogens is 627 g/mol. The second-order valence-electron chi connectivity index (χ2n) is 10.4. The molecule has 2 aromatic carbocycles. The quantitative estimate of drug-likeness (QED) is 0.0784. The number of methoxy groups -OCH3 is 1. The molecule has 0 aliphatic heterocycles. The van der Waals surface area contributed by atoms with Gasteiger partial charge in [0.05, 0.1) is 7.11 Å². The van der Waals surface area contributed by atoms with Crippen molar-refractivity contribution < 1.29 is 28.2 Å². The summed E-state index contributed by atoms with van der Waals surface area (Å²) in [6.07, 6.45) is 7.03. The van der Waals surface area contributed by atoms with Crippen LogP contribution in [0.25, 0.3) is 0 Å². The Morgan fingerprint density at radius 1 is 0.979 bits per heavy atom. The number of amides is 2. The Kier molecular flexibility index (Phi) is 13.4. The second kappa shape index (κ2) is 18.1. The number of benzene rings is 2. The predicted molar refractivity (Wildman–Crippen MR) is 172 cm³/mol. The highest BCUT2D eigenvalue weighted by Crippen LogP contribution is 2.21. The molecule has 0 aliphatic carbocycles. The number of hydrogen-bond acceptors (Lipinski definition) is 10. The van der Waals surface area contributed by atoms with Crippen molar-refractivity contribution in [1.82, 2.24) is 30.2 Å². The van der Waals surface area contributed by atoms with Crippen molar-refractivity contribution in [2.24, 2.45) is 0 Å². The average Bonchev–Trinajstić information content (AvgIpc) is 3.08. The number of esters is 1. The lowest BCUT2D eigenvalue weighted by molar-refractivity contribution is -0.143. The minimum Gasteiger partial charge on any atom is -0.467 e. The van der Waals surface area contributed by atoms with Crippen molar-refractivity contribution in [2.75, 3.05) is 13.7 Å². The summed E-state index contributed by atoms with van der Waals surface area (Å²) in [6.45, 7) is 0.272. The molecular formula is C33H35FN6O6S. The molecule has 0 radical (unpaired) electrons. The molecule has 4 rings (SSSR count). The van der Waals surface area contributed by atoms with Crippen LogP contribution in [0.15, 0.2) is 89.5 Å². The highest BCUT2D eigenvalue weighted by Gasteiger charge is 2.22. The number of thioether (sulfide) groups is 1. The first kappa shape index (κ1) is 34.8. The molecule has 0 saturated heterocycles. The summed E-state index contributed by atoms with van der Waals surface area (Å²) in [5.41, 5.74) is 2.31. The largest absolute Gasteiger partial charge is 0.467 e. The number of carbonyl (C=O) groups is 3. The lowest BCUT2D eigenvalue weighted by Gasteiger charge is -2.17. The zero-order valence-corrected chi connectivity index (χ0v) is 26.6. The van der Waals surface area contributed by atoms with Crippen molar-refractivity contribution >= 4 is 29.7 Å². The number of halogens is 1. The molecule has 0 spiro atoms. The molecule has 0 aliphatic rings. The summed E-state index contributed by atoms with van der Waals surface area (Å²) in [4.78, 5) is 62.6. The Balaban J connectivity index is 1.31. The average molecular weight is 663 g/mol. The molecule has 2 amide bonds. The van der Waals surface area contributed by atoms with Crippen LogP contribution in [0.1, 0.15) is 41.5 Å². The summed E-state index contributed by atoms with van der Waals surface area (Å²) in [6, 6.07) is 14.3. The molecule has 0 fully saturated rings. The molecule has 12 nitrogen and oxygen atoms in total. The van der Waals surface area contributed by atoms with Crippen LogP contribution in [0.2, 0.25) is 0 Å². The van der Waals surface area contributed by atoms with Crippen molar-refractivity contribution in [3.8, 4) is 0 Å². The van der Waals surface area contributed by atoms with Gasteiger partial charge in [-0.25, -0.2) is 23.9 Å². The van der Waals surface area contributed by atoms with Gasteiger partial charge in [0.2, 0.25) is 5.91 Å². The van der Waals surface area contributed by atoms with Gasteiger partial charge in [0.15, 0.2) is 5.16 Å². The lowest BCUT2D eigenvalue weighted by Crippen LogP contribution is -2.41. The number of nitrogens with zero attached hydrogens (tertiary/aromatic N) is 4. The third-order valence-electron chi connectivity index (χ3n) is 6.87. The molecule has 4 aromatic rings. The molecule has 2 heterocycles. The highest BCUT2D eigenvalue weighted by molar-refractivity contribution is 7.98. The number of rotatable bonds is 16. The van der Waals surface area contributed by atoms with E-state index in [1.807, 2.05) is 30.3 Å². The number of alkyl carbamates (subject to hydrolysis) is 1. The number of ether oxygens (including phenoxy) is 2. The van der Waals surface area contributed by atoms with E-state index in [-0.39, 0.29) is 37.7 Å². The van der Waals surface area contributed by atoms with Crippen LogP contribution in [-0.2, 0) is 44.4 Å². The zero-order chi connectivity index (χ0) is 33.4. The van der Waals surface area contributed by atoms with E-state index < -0.39 is 23.7 Å². The van der Waals surface area contributed by atoms with Crippen molar-refractivity contribution in [3.63, 3.8) is 0 Å². The molecule has 0 bridgehead atoms. The van der Waals surface area contributed by atoms with E-state index in [9.17, 15) is 23.6 Å². The smallest absolute Gasteiger partial charge is 0.408 e. The molecule has 246 valence electrons. The van der Waals surface area contributed by atoms with Crippen LogP contribution in [0.3, 0.4) is 0 Å². The van der Waals surface area contributed by atoms with Gasteiger partial charge >= 0.3 is 12.1 Å². The fourth-order valence-electron chi connectivity index (χ4n) is 4.45. The van der Waals surface area contributed by atoms with Gasteiger partial charge in [-0.1, -0.05) is 54.2 Å². The van der Waals surface area contributed by atoms with Gasteiger partial charge < -0.3 is 24.7 Å². The molecule has 0 saturated carbocycles. The van der Waals surface area contributed by atoms with Crippen LogP contribution >= 0.6 is 11.8 Å². The maximum Gasteiger partial charge on any atom is 0.408 e. The van der Waals surface area contributed by atoms with Crippen LogP contribution in [0.4, 0.5) is 9.18 Å². The minimum atomic E-state index is -0.902. The van der Waals surface area contributed by atoms with E-state index in [4.69, 9.17) is 9.47 Å². The van der Waals surface area contributed by atoms with E-state index in [2.05, 4.69) is 25.6 Å². The Hall–Kier alpha value is -5.11. The normalized spacial score (nSPS) is 11.4. The Morgan fingerprint density at radius 2 is 1.72 bits per heavy atom. The zero-order valence-electron chi connectivity index (χ0n) is 25.8. The molecule has 14 heteroatoms. The van der Waals surface area contributed by atoms with Gasteiger partial charge in [0.25, 0.3) is 5.56 Å².